The number of carbonyl (C=O) groups excluding carboxylic acids is 3. The first-order valence-electron chi connectivity index (χ1n) is 20.9. The molecule has 0 saturated carbocycles. The lowest BCUT2D eigenvalue weighted by Gasteiger charge is -2.30. The number of benzene rings is 5. The number of nitrogens with one attached hydrogen (secondary N) is 3. The van der Waals surface area contributed by atoms with Crippen LogP contribution in [0.3, 0.4) is 0 Å². The summed E-state index contributed by atoms with van der Waals surface area (Å²) in [5.74, 6) is 1.43. The number of carbonyl (C=O) groups is 3. The number of rotatable bonds is 10. The second-order valence-electron chi connectivity index (χ2n) is 16.2. The summed E-state index contributed by atoms with van der Waals surface area (Å²) in [6.07, 6.45) is 6.97. The summed E-state index contributed by atoms with van der Waals surface area (Å²) >= 11 is 0. The van der Waals surface area contributed by atoms with Crippen LogP contribution in [0.4, 0.5) is 4.79 Å². The molecule has 3 atom stereocenters. The Balaban J connectivity index is 1.00. The number of hydrogen-bond donors (Lipinski definition) is 3. The maximum absolute atomic E-state index is 13.8. The zero-order chi connectivity index (χ0) is 41.3. The Hall–Kier alpha value is -6.75. The average Bonchev–Trinajstić information content (AvgIpc) is 4.12. The Morgan fingerprint density at radius 2 is 1.13 bits per heavy atom. The van der Waals surface area contributed by atoms with Crippen LogP contribution in [0, 0.1) is 5.92 Å². The standard InChI is InChI=1S/C49H49N7O4/c1-30(2)45(54-49(59)60-3)48(58)56-26-12-20-43(56)47-51-29-41(53-47)39-24-22-37(33-16-8-10-18-35(33)39)36-21-23-38(34-17-9-7-15-32(34)36)40-28-50-46(52-40)42-19-11-25-55(42)44(57)27-31-13-5-4-6-14-31/h4-10,13-18,21-24,28-30,42-43,45H,11-12,19-20,25-27H2,1-3H3,(H,50,52)(H,51,53)(H,54,59). The number of alkyl carbamates (subject to hydrolysis) is 1. The van der Waals surface area contributed by atoms with E-state index in [1.807, 2.05) is 66.4 Å². The first kappa shape index (κ1) is 38.8. The van der Waals surface area contributed by atoms with E-state index in [-0.39, 0.29) is 29.8 Å². The van der Waals surface area contributed by atoms with Crippen LogP contribution in [-0.2, 0) is 20.7 Å². The third kappa shape index (κ3) is 7.29. The van der Waals surface area contributed by atoms with Crippen LogP contribution in [0.5, 0.6) is 0 Å². The zero-order valence-electron chi connectivity index (χ0n) is 34.2. The van der Waals surface area contributed by atoms with E-state index in [0.29, 0.717) is 13.0 Å². The van der Waals surface area contributed by atoms with Gasteiger partial charge in [-0.2, -0.15) is 0 Å². The number of fused-ring (bicyclic) bond motifs is 2. The maximum atomic E-state index is 13.8. The molecular weight excluding hydrogens is 751 g/mol. The highest BCUT2D eigenvalue weighted by Gasteiger charge is 2.38. The SMILES string of the molecule is COC(=O)NC(C(=O)N1CCCC1c1ncc(-c2ccc(-c3ccc(-c4cnc(C5CCCN5C(=O)Cc5ccccc5)[nH]4)c4ccccc34)c3ccccc23)[nH]1)C(C)C. The molecule has 2 aromatic heterocycles. The minimum Gasteiger partial charge on any atom is -0.453 e. The highest BCUT2D eigenvalue weighted by atomic mass is 16.5. The summed E-state index contributed by atoms with van der Waals surface area (Å²) in [4.78, 5) is 60.0. The zero-order valence-corrected chi connectivity index (χ0v) is 34.2. The quantitative estimate of drug-likeness (QED) is 0.126. The van der Waals surface area contributed by atoms with E-state index in [1.54, 1.807) is 0 Å². The van der Waals surface area contributed by atoms with Gasteiger partial charge in [0.25, 0.3) is 0 Å². The number of amides is 3. The molecule has 0 spiro atoms. The third-order valence-corrected chi connectivity index (χ3v) is 12.2. The van der Waals surface area contributed by atoms with Crippen LogP contribution in [0.15, 0.2) is 116 Å². The first-order valence-corrected chi connectivity index (χ1v) is 20.9. The summed E-state index contributed by atoms with van der Waals surface area (Å²) < 4.78 is 4.81. The Bertz CT molecular complexity index is 2700. The molecule has 11 heteroatoms. The van der Waals surface area contributed by atoms with Crippen molar-refractivity contribution >= 4 is 39.5 Å². The average molecular weight is 800 g/mol. The lowest BCUT2D eigenvalue weighted by atomic mass is 9.89. The molecule has 0 radical (unpaired) electrons. The summed E-state index contributed by atoms with van der Waals surface area (Å²) in [6.45, 7) is 5.15. The van der Waals surface area contributed by atoms with Crippen molar-refractivity contribution in [1.82, 2.24) is 35.1 Å². The molecule has 2 fully saturated rings. The fourth-order valence-corrected chi connectivity index (χ4v) is 9.24. The van der Waals surface area contributed by atoms with Crippen LogP contribution < -0.4 is 5.32 Å². The van der Waals surface area contributed by atoms with Crippen LogP contribution >= 0.6 is 0 Å². The normalized spacial score (nSPS) is 17.1. The van der Waals surface area contributed by atoms with Gasteiger partial charge >= 0.3 is 6.09 Å². The van der Waals surface area contributed by atoms with Gasteiger partial charge in [0.2, 0.25) is 11.8 Å². The molecule has 9 rings (SSSR count). The lowest BCUT2D eigenvalue weighted by molar-refractivity contribution is -0.135. The summed E-state index contributed by atoms with van der Waals surface area (Å²) in [7, 11) is 1.30. The number of nitrogens with zero attached hydrogens (tertiary/aromatic N) is 4. The van der Waals surface area contributed by atoms with Crippen LogP contribution in [0.1, 0.15) is 68.8 Å². The second kappa shape index (κ2) is 16.5. The minimum absolute atomic E-state index is 0.0801. The Kier molecular flexibility index (Phi) is 10.6. The number of H-pyrrole nitrogens is 2. The third-order valence-electron chi connectivity index (χ3n) is 12.2. The Morgan fingerprint density at radius 3 is 1.65 bits per heavy atom. The first-order chi connectivity index (χ1) is 29.3. The fourth-order valence-electron chi connectivity index (χ4n) is 9.24. The maximum Gasteiger partial charge on any atom is 0.407 e. The molecule has 3 N–H and O–H groups in total. The summed E-state index contributed by atoms with van der Waals surface area (Å²) in [5, 5.41) is 7.16. The van der Waals surface area contributed by atoms with Gasteiger partial charge in [0.05, 0.1) is 49.4 Å². The molecule has 11 nitrogen and oxygen atoms in total. The second-order valence-corrected chi connectivity index (χ2v) is 16.2. The highest BCUT2D eigenvalue weighted by Crippen LogP contribution is 2.42. The van der Waals surface area contributed by atoms with Crippen molar-refractivity contribution in [3.05, 3.63) is 133 Å². The predicted octanol–water partition coefficient (Wildman–Crippen LogP) is 9.39. The van der Waals surface area contributed by atoms with Gasteiger partial charge in [-0.15, -0.1) is 0 Å². The van der Waals surface area contributed by atoms with Crippen molar-refractivity contribution in [1.29, 1.82) is 0 Å². The lowest BCUT2D eigenvalue weighted by Crippen LogP contribution is -2.51. The molecular formula is C49H49N7O4. The number of aromatic nitrogens is 4. The fraction of sp³-hybridized carbons (Fsp3) is 0.286. The molecule has 5 aromatic carbocycles. The van der Waals surface area contributed by atoms with E-state index in [2.05, 4.69) is 88.1 Å². The van der Waals surface area contributed by atoms with E-state index in [1.165, 1.54) is 7.11 Å². The van der Waals surface area contributed by atoms with Gasteiger partial charge in [-0.25, -0.2) is 14.8 Å². The van der Waals surface area contributed by atoms with Crippen molar-refractivity contribution in [2.45, 2.75) is 64.1 Å². The monoisotopic (exact) mass is 799 g/mol. The van der Waals surface area contributed by atoms with Crippen LogP contribution in [-0.4, -0.2) is 73.9 Å². The molecule has 3 unspecified atom stereocenters. The van der Waals surface area contributed by atoms with Gasteiger partial charge in [0.1, 0.15) is 17.7 Å². The molecule has 2 saturated heterocycles. The van der Waals surface area contributed by atoms with E-state index < -0.39 is 12.1 Å². The molecule has 304 valence electrons. The topological polar surface area (TPSA) is 136 Å². The highest BCUT2D eigenvalue weighted by molar-refractivity contribution is 6.11. The molecule has 3 amide bonds. The van der Waals surface area contributed by atoms with E-state index in [4.69, 9.17) is 14.7 Å². The van der Waals surface area contributed by atoms with Gasteiger partial charge in [-0.3, -0.25) is 9.59 Å². The molecule has 0 aliphatic carbocycles. The van der Waals surface area contributed by atoms with Crippen molar-refractivity contribution in [3.8, 4) is 33.6 Å². The minimum atomic E-state index is -0.698. The van der Waals surface area contributed by atoms with Crippen LogP contribution in [0.2, 0.25) is 0 Å². The van der Waals surface area contributed by atoms with Crippen molar-refractivity contribution < 1.29 is 19.1 Å². The largest absolute Gasteiger partial charge is 0.453 e. The molecule has 2 aliphatic rings. The van der Waals surface area contributed by atoms with Gasteiger partial charge in [0.15, 0.2) is 0 Å². The van der Waals surface area contributed by atoms with Gasteiger partial charge in [0, 0.05) is 24.2 Å². The molecule has 60 heavy (non-hydrogen) atoms. The number of ether oxygens (including phenoxy) is 1. The summed E-state index contributed by atoms with van der Waals surface area (Å²) in [6, 6.07) is 34.6. The molecule has 0 bridgehead atoms. The number of hydrogen-bond acceptors (Lipinski definition) is 6. The predicted molar refractivity (Wildman–Crippen MR) is 234 cm³/mol. The van der Waals surface area contributed by atoms with E-state index in [9.17, 15) is 14.4 Å². The smallest absolute Gasteiger partial charge is 0.407 e. The van der Waals surface area contributed by atoms with Gasteiger partial charge in [-0.1, -0.05) is 117 Å². The molecule has 2 aliphatic heterocycles. The van der Waals surface area contributed by atoms with Gasteiger partial charge in [-0.05, 0) is 69.8 Å². The molecule has 4 heterocycles. The van der Waals surface area contributed by atoms with E-state index in [0.717, 1.165) is 105 Å². The number of aromatic amines is 2. The summed E-state index contributed by atoms with van der Waals surface area (Å²) in [5.41, 5.74) is 7.13. The van der Waals surface area contributed by atoms with Crippen molar-refractivity contribution in [3.63, 3.8) is 0 Å². The van der Waals surface area contributed by atoms with Crippen molar-refractivity contribution in [2.75, 3.05) is 20.2 Å². The van der Waals surface area contributed by atoms with E-state index >= 15 is 0 Å². The van der Waals surface area contributed by atoms with Crippen molar-refractivity contribution in [2.24, 2.45) is 5.92 Å². The number of methoxy groups -OCH3 is 1. The molecule has 7 aromatic rings. The van der Waals surface area contributed by atoms with Gasteiger partial charge < -0.3 is 29.8 Å². The Labute approximate surface area is 349 Å². The Morgan fingerprint density at radius 1 is 0.667 bits per heavy atom. The number of imidazole rings is 2. The number of likely N-dealkylation sites (tertiary alicyclic amines) is 2. The van der Waals surface area contributed by atoms with Crippen LogP contribution in [0.25, 0.3) is 55.2 Å².